The molecule has 1 aromatic rings. The molecule has 100 valence electrons. The van der Waals surface area contributed by atoms with Gasteiger partial charge >= 0.3 is 0 Å². The average Bonchev–Trinajstić information content (AvgIpc) is 2.86. The Morgan fingerprint density at radius 3 is 2.15 bits per heavy atom. The Morgan fingerprint density at radius 2 is 1.50 bits per heavy atom. The quantitative estimate of drug-likeness (QED) is 0.714. The first-order chi connectivity index (χ1) is 9.49. The standard InChI is InChI=1S/C13H8N2O5/c1-14-12(18)8-3-2-7(6-9(8)13(14)19)20-15-10(16)4-5-11(15)17/h2-6H,1H3. The van der Waals surface area contributed by atoms with Crippen molar-refractivity contribution < 1.29 is 24.0 Å². The summed E-state index contributed by atoms with van der Waals surface area (Å²) < 4.78 is 0. The number of amides is 4. The number of rotatable bonds is 2. The number of carbonyl (C=O) groups is 4. The summed E-state index contributed by atoms with van der Waals surface area (Å²) in [6.07, 6.45) is 2.16. The predicted molar refractivity (Wildman–Crippen MR) is 64.5 cm³/mol. The number of hydrogen-bond donors (Lipinski definition) is 0. The summed E-state index contributed by atoms with van der Waals surface area (Å²) >= 11 is 0. The summed E-state index contributed by atoms with van der Waals surface area (Å²) in [6, 6.07) is 4.17. The van der Waals surface area contributed by atoms with Gasteiger partial charge in [0.1, 0.15) is 0 Å². The Kier molecular flexibility index (Phi) is 2.43. The van der Waals surface area contributed by atoms with Gasteiger partial charge in [-0.3, -0.25) is 24.1 Å². The molecule has 0 N–H and O–H groups in total. The number of carbonyl (C=O) groups excluding carboxylic acids is 4. The first-order valence-corrected chi connectivity index (χ1v) is 5.69. The van der Waals surface area contributed by atoms with Crippen molar-refractivity contribution in [3.8, 4) is 5.75 Å². The van der Waals surface area contributed by atoms with Gasteiger partial charge in [-0.25, -0.2) is 0 Å². The molecular formula is C13H8N2O5. The molecule has 2 aliphatic heterocycles. The zero-order valence-electron chi connectivity index (χ0n) is 10.3. The lowest BCUT2D eigenvalue weighted by Gasteiger charge is -2.14. The molecule has 0 spiro atoms. The maximum absolute atomic E-state index is 11.8. The molecule has 0 atom stereocenters. The van der Waals surface area contributed by atoms with E-state index in [4.69, 9.17) is 4.84 Å². The molecule has 0 saturated carbocycles. The van der Waals surface area contributed by atoms with Crippen molar-refractivity contribution in [3.05, 3.63) is 41.5 Å². The van der Waals surface area contributed by atoms with Crippen molar-refractivity contribution >= 4 is 23.6 Å². The zero-order valence-corrected chi connectivity index (χ0v) is 10.3. The van der Waals surface area contributed by atoms with Crippen LogP contribution in [0.2, 0.25) is 0 Å². The van der Waals surface area contributed by atoms with E-state index in [-0.39, 0.29) is 16.9 Å². The van der Waals surface area contributed by atoms with Gasteiger partial charge in [-0.1, -0.05) is 5.06 Å². The minimum Gasteiger partial charge on any atom is -0.369 e. The number of nitrogens with zero attached hydrogens (tertiary/aromatic N) is 2. The van der Waals surface area contributed by atoms with E-state index in [1.54, 1.807) is 0 Å². The lowest BCUT2D eigenvalue weighted by molar-refractivity contribution is -0.162. The van der Waals surface area contributed by atoms with Crippen LogP contribution in [0.5, 0.6) is 5.75 Å². The van der Waals surface area contributed by atoms with E-state index in [0.29, 0.717) is 5.06 Å². The third-order valence-electron chi connectivity index (χ3n) is 3.03. The largest absolute Gasteiger partial charge is 0.369 e. The van der Waals surface area contributed by atoms with Gasteiger partial charge in [-0.2, -0.15) is 0 Å². The van der Waals surface area contributed by atoms with E-state index in [0.717, 1.165) is 17.1 Å². The fourth-order valence-electron chi connectivity index (χ4n) is 1.98. The maximum Gasteiger partial charge on any atom is 0.287 e. The molecule has 0 fully saturated rings. The Morgan fingerprint density at radius 1 is 0.900 bits per heavy atom. The van der Waals surface area contributed by atoms with Crippen LogP contribution in [0.25, 0.3) is 0 Å². The monoisotopic (exact) mass is 272 g/mol. The van der Waals surface area contributed by atoms with Crippen LogP contribution in [0.4, 0.5) is 0 Å². The van der Waals surface area contributed by atoms with Gasteiger partial charge < -0.3 is 4.84 Å². The molecular weight excluding hydrogens is 264 g/mol. The van der Waals surface area contributed by atoms with Crippen LogP contribution in [0, 0.1) is 0 Å². The highest BCUT2D eigenvalue weighted by Gasteiger charge is 2.33. The number of benzene rings is 1. The number of imide groups is 2. The van der Waals surface area contributed by atoms with Crippen LogP contribution < -0.4 is 4.84 Å². The lowest BCUT2D eigenvalue weighted by Crippen LogP contribution is -2.33. The van der Waals surface area contributed by atoms with E-state index in [1.807, 2.05) is 0 Å². The summed E-state index contributed by atoms with van der Waals surface area (Å²) in [6.45, 7) is 0. The predicted octanol–water partition coefficient (Wildman–Crippen LogP) is 0.131. The molecule has 4 amide bonds. The number of hydroxylamine groups is 2. The molecule has 3 rings (SSSR count). The molecule has 0 aliphatic carbocycles. The zero-order chi connectivity index (χ0) is 14.4. The second kappa shape index (κ2) is 4.02. The molecule has 0 aromatic heterocycles. The Hall–Kier alpha value is -2.96. The third kappa shape index (κ3) is 1.60. The summed E-state index contributed by atoms with van der Waals surface area (Å²) in [4.78, 5) is 52.3. The topological polar surface area (TPSA) is 84.0 Å². The lowest BCUT2D eigenvalue weighted by atomic mass is 10.1. The van der Waals surface area contributed by atoms with Crippen LogP contribution in [0.15, 0.2) is 30.4 Å². The van der Waals surface area contributed by atoms with Crippen molar-refractivity contribution in [2.24, 2.45) is 0 Å². The number of hydrogen-bond acceptors (Lipinski definition) is 5. The number of fused-ring (bicyclic) bond motifs is 1. The second-order valence-electron chi connectivity index (χ2n) is 4.27. The van der Waals surface area contributed by atoms with Crippen LogP contribution in [0.1, 0.15) is 20.7 Å². The van der Waals surface area contributed by atoms with E-state index in [2.05, 4.69) is 0 Å². The molecule has 7 nitrogen and oxygen atoms in total. The molecule has 0 unspecified atom stereocenters. The molecule has 20 heavy (non-hydrogen) atoms. The molecule has 0 bridgehead atoms. The fraction of sp³-hybridized carbons (Fsp3) is 0.0769. The molecule has 0 radical (unpaired) electrons. The summed E-state index contributed by atoms with van der Waals surface area (Å²) in [7, 11) is 1.38. The van der Waals surface area contributed by atoms with Crippen LogP contribution in [0.3, 0.4) is 0 Å². The van der Waals surface area contributed by atoms with Gasteiger partial charge in [-0.05, 0) is 18.2 Å². The highest BCUT2D eigenvalue weighted by molar-refractivity contribution is 6.21. The van der Waals surface area contributed by atoms with E-state index >= 15 is 0 Å². The van der Waals surface area contributed by atoms with Gasteiger partial charge in [0, 0.05) is 19.2 Å². The van der Waals surface area contributed by atoms with Crippen molar-refractivity contribution in [3.63, 3.8) is 0 Å². The minimum absolute atomic E-state index is 0.130. The summed E-state index contributed by atoms with van der Waals surface area (Å²) in [5.74, 6) is -1.92. The average molecular weight is 272 g/mol. The Bertz CT molecular complexity index is 689. The van der Waals surface area contributed by atoms with Gasteiger partial charge in [0.15, 0.2) is 5.75 Å². The molecule has 0 saturated heterocycles. The summed E-state index contributed by atoms with van der Waals surface area (Å²) in [5.41, 5.74) is 0.448. The van der Waals surface area contributed by atoms with Gasteiger partial charge in [-0.15, -0.1) is 0 Å². The minimum atomic E-state index is -0.602. The second-order valence-corrected chi connectivity index (χ2v) is 4.27. The van der Waals surface area contributed by atoms with Gasteiger partial charge in [0.05, 0.1) is 11.1 Å². The van der Waals surface area contributed by atoms with Crippen molar-refractivity contribution in [2.45, 2.75) is 0 Å². The smallest absolute Gasteiger partial charge is 0.287 e. The maximum atomic E-state index is 11.8. The fourth-order valence-corrected chi connectivity index (χ4v) is 1.98. The summed E-state index contributed by atoms with van der Waals surface area (Å²) in [5, 5.41) is 0.576. The van der Waals surface area contributed by atoms with Crippen LogP contribution in [-0.2, 0) is 9.59 Å². The SMILES string of the molecule is CN1C(=O)c2ccc(ON3C(=O)C=CC3=O)cc2C1=O. The normalized spacial score (nSPS) is 17.2. The first kappa shape index (κ1) is 12.1. The van der Waals surface area contributed by atoms with E-state index < -0.39 is 23.6 Å². The Balaban J connectivity index is 1.91. The van der Waals surface area contributed by atoms with Crippen molar-refractivity contribution in [1.82, 2.24) is 9.96 Å². The van der Waals surface area contributed by atoms with Crippen LogP contribution in [-0.4, -0.2) is 40.6 Å². The molecule has 7 heteroatoms. The Labute approximate surface area is 113 Å². The molecule has 1 aromatic carbocycles. The van der Waals surface area contributed by atoms with E-state index in [1.165, 1.54) is 25.2 Å². The van der Waals surface area contributed by atoms with E-state index in [9.17, 15) is 19.2 Å². The van der Waals surface area contributed by atoms with Crippen molar-refractivity contribution in [2.75, 3.05) is 7.05 Å². The molecule has 2 aliphatic rings. The van der Waals surface area contributed by atoms with Crippen molar-refractivity contribution in [1.29, 1.82) is 0 Å². The molecule has 2 heterocycles. The highest BCUT2D eigenvalue weighted by atomic mass is 16.7. The highest BCUT2D eigenvalue weighted by Crippen LogP contribution is 2.26. The van der Waals surface area contributed by atoms with Gasteiger partial charge in [0.2, 0.25) is 0 Å². The van der Waals surface area contributed by atoms with Gasteiger partial charge in [0.25, 0.3) is 23.6 Å². The third-order valence-corrected chi connectivity index (χ3v) is 3.03. The van der Waals surface area contributed by atoms with Crippen LogP contribution >= 0.6 is 0 Å². The first-order valence-electron chi connectivity index (χ1n) is 5.69.